The van der Waals surface area contributed by atoms with Crippen molar-refractivity contribution in [3.8, 4) is 0 Å². The summed E-state index contributed by atoms with van der Waals surface area (Å²) >= 11 is 0. The van der Waals surface area contributed by atoms with Crippen molar-refractivity contribution in [3.63, 3.8) is 0 Å². The van der Waals surface area contributed by atoms with Gasteiger partial charge in [0.15, 0.2) is 0 Å². The van der Waals surface area contributed by atoms with Crippen molar-refractivity contribution in [1.82, 2.24) is 5.32 Å². The van der Waals surface area contributed by atoms with Crippen molar-refractivity contribution in [2.24, 2.45) is 17.8 Å². The SMILES string of the molecule is CCCNC1CCC(C(C)C)CC1CCS(=O)(=O)CC. The fourth-order valence-corrected chi connectivity index (χ4v) is 4.25. The highest BCUT2D eigenvalue weighted by molar-refractivity contribution is 7.91. The molecule has 3 nitrogen and oxygen atoms in total. The lowest BCUT2D eigenvalue weighted by molar-refractivity contribution is 0.165. The van der Waals surface area contributed by atoms with Gasteiger partial charge in [0.25, 0.3) is 0 Å². The predicted molar refractivity (Wildman–Crippen MR) is 86.7 cm³/mol. The highest BCUT2D eigenvalue weighted by Gasteiger charge is 2.31. The van der Waals surface area contributed by atoms with E-state index in [0.717, 1.165) is 25.3 Å². The summed E-state index contributed by atoms with van der Waals surface area (Å²) in [5.41, 5.74) is 0. The summed E-state index contributed by atoms with van der Waals surface area (Å²) < 4.78 is 23.5. The molecule has 4 heteroatoms. The van der Waals surface area contributed by atoms with E-state index in [-0.39, 0.29) is 5.75 Å². The van der Waals surface area contributed by atoms with Crippen molar-refractivity contribution in [2.75, 3.05) is 18.1 Å². The highest BCUT2D eigenvalue weighted by Crippen LogP contribution is 2.35. The lowest BCUT2D eigenvalue weighted by Gasteiger charge is -2.38. The Morgan fingerprint density at radius 1 is 1.20 bits per heavy atom. The van der Waals surface area contributed by atoms with Gasteiger partial charge in [-0.2, -0.15) is 0 Å². The van der Waals surface area contributed by atoms with E-state index < -0.39 is 9.84 Å². The Labute approximate surface area is 125 Å². The van der Waals surface area contributed by atoms with Crippen LogP contribution in [-0.2, 0) is 9.84 Å². The first-order valence-corrected chi connectivity index (χ1v) is 10.2. The Morgan fingerprint density at radius 2 is 1.90 bits per heavy atom. The van der Waals surface area contributed by atoms with Gasteiger partial charge in [0.05, 0.1) is 5.75 Å². The second-order valence-corrected chi connectivity index (χ2v) is 9.14. The number of nitrogens with one attached hydrogen (secondary N) is 1. The number of hydrogen-bond donors (Lipinski definition) is 1. The van der Waals surface area contributed by atoms with Crippen LogP contribution in [0.4, 0.5) is 0 Å². The van der Waals surface area contributed by atoms with Gasteiger partial charge in [-0.3, -0.25) is 0 Å². The molecule has 3 unspecified atom stereocenters. The molecule has 1 aliphatic rings. The van der Waals surface area contributed by atoms with E-state index in [1.54, 1.807) is 6.92 Å². The number of sulfone groups is 1. The second-order valence-electron chi connectivity index (χ2n) is 6.66. The molecule has 0 aromatic heterocycles. The number of rotatable bonds is 8. The predicted octanol–water partition coefficient (Wildman–Crippen LogP) is 3.25. The molecule has 1 aliphatic carbocycles. The Kier molecular flexibility index (Phi) is 7.52. The summed E-state index contributed by atoms with van der Waals surface area (Å²) in [5, 5.41) is 3.64. The van der Waals surface area contributed by atoms with Gasteiger partial charge in [-0.05, 0) is 56.4 Å². The lowest BCUT2D eigenvalue weighted by atomic mass is 9.72. The van der Waals surface area contributed by atoms with Crippen molar-refractivity contribution < 1.29 is 8.42 Å². The van der Waals surface area contributed by atoms with Crippen molar-refractivity contribution >= 4 is 9.84 Å². The van der Waals surface area contributed by atoms with Crippen LogP contribution in [0.3, 0.4) is 0 Å². The van der Waals surface area contributed by atoms with E-state index in [9.17, 15) is 8.42 Å². The molecule has 0 amide bonds. The van der Waals surface area contributed by atoms with Crippen molar-refractivity contribution in [2.45, 2.75) is 65.8 Å². The standard InChI is InChI=1S/C16H33NO2S/c1-5-10-17-16-8-7-14(13(3)4)12-15(16)9-11-20(18,19)6-2/h13-17H,5-12H2,1-4H3. The Hall–Kier alpha value is -0.0900. The molecule has 120 valence electrons. The number of hydrogen-bond acceptors (Lipinski definition) is 3. The first-order chi connectivity index (χ1) is 9.39. The van der Waals surface area contributed by atoms with Gasteiger partial charge >= 0.3 is 0 Å². The maximum absolute atomic E-state index is 11.8. The van der Waals surface area contributed by atoms with E-state index in [2.05, 4.69) is 26.1 Å². The molecule has 0 spiro atoms. The summed E-state index contributed by atoms with van der Waals surface area (Å²) in [6.07, 6.45) is 5.67. The fourth-order valence-electron chi connectivity index (χ4n) is 3.30. The van der Waals surface area contributed by atoms with Gasteiger partial charge in [-0.25, -0.2) is 8.42 Å². The van der Waals surface area contributed by atoms with Crippen LogP contribution in [0.25, 0.3) is 0 Å². The van der Waals surface area contributed by atoms with Gasteiger partial charge in [0.1, 0.15) is 9.84 Å². The topological polar surface area (TPSA) is 46.2 Å². The Morgan fingerprint density at radius 3 is 2.45 bits per heavy atom. The average molecular weight is 304 g/mol. The van der Waals surface area contributed by atoms with E-state index in [1.807, 2.05) is 0 Å². The highest BCUT2D eigenvalue weighted by atomic mass is 32.2. The maximum Gasteiger partial charge on any atom is 0.150 e. The Bertz CT molecular complexity index is 365. The van der Waals surface area contributed by atoms with Crippen LogP contribution >= 0.6 is 0 Å². The van der Waals surface area contributed by atoms with E-state index >= 15 is 0 Å². The molecule has 20 heavy (non-hydrogen) atoms. The normalized spacial score (nSPS) is 27.9. The maximum atomic E-state index is 11.8. The van der Waals surface area contributed by atoms with Crippen LogP contribution in [0.2, 0.25) is 0 Å². The van der Waals surface area contributed by atoms with Crippen molar-refractivity contribution in [3.05, 3.63) is 0 Å². The summed E-state index contributed by atoms with van der Waals surface area (Å²) in [7, 11) is -2.83. The quantitative estimate of drug-likeness (QED) is 0.748. The van der Waals surface area contributed by atoms with Crippen molar-refractivity contribution in [1.29, 1.82) is 0 Å². The van der Waals surface area contributed by atoms with Gasteiger partial charge in [-0.15, -0.1) is 0 Å². The van der Waals surface area contributed by atoms with Crippen LogP contribution in [0.1, 0.15) is 59.8 Å². The molecule has 0 aromatic rings. The first kappa shape index (κ1) is 18.0. The van der Waals surface area contributed by atoms with Crippen LogP contribution in [-0.4, -0.2) is 32.5 Å². The molecule has 0 aromatic carbocycles. The molecular weight excluding hydrogens is 270 g/mol. The van der Waals surface area contributed by atoms with E-state index in [0.29, 0.717) is 23.6 Å². The Balaban J connectivity index is 2.61. The van der Waals surface area contributed by atoms with E-state index in [1.165, 1.54) is 19.3 Å². The zero-order chi connectivity index (χ0) is 15.2. The summed E-state index contributed by atoms with van der Waals surface area (Å²) in [5.74, 6) is 2.66. The molecule has 0 radical (unpaired) electrons. The molecule has 0 bridgehead atoms. The summed E-state index contributed by atoms with van der Waals surface area (Å²) in [4.78, 5) is 0. The van der Waals surface area contributed by atoms with Crippen LogP contribution < -0.4 is 5.32 Å². The minimum Gasteiger partial charge on any atom is -0.314 e. The minimum atomic E-state index is -2.83. The van der Waals surface area contributed by atoms with E-state index in [4.69, 9.17) is 0 Å². The molecule has 3 atom stereocenters. The lowest BCUT2D eigenvalue weighted by Crippen LogP contribution is -2.42. The van der Waals surface area contributed by atoms with Crippen LogP contribution in [0.5, 0.6) is 0 Å². The van der Waals surface area contributed by atoms with Gasteiger partial charge in [0, 0.05) is 11.8 Å². The zero-order valence-corrected chi connectivity index (χ0v) is 14.5. The smallest absolute Gasteiger partial charge is 0.150 e. The second kappa shape index (κ2) is 8.38. The molecule has 0 heterocycles. The van der Waals surface area contributed by atoms with Crippen LogP contribution in [0.15, 0.2) is 0 Å². The average Bonchev–Trinajstić information content (AvgIpc) is 2.43. The molecule has 0 aliphatic heterocycles. The molecule has 1 rings (SSSR count). The largest absolute Gasteiger partial charge is 0.314 e. The molecule has 1 N–H and O–H groups in total. The fraction of sp³-hybridized carbons (Fsp3) is 1.00. The molecular formula is C16H33NO2S. The summed E-state index contributed by atoms with van der Waals surface area (Å²) in [6, 6.07) is 0.525. The third-order valence-corrected chi connectivity index (χ3v) is 6.60. The van der Waals surface area contributed by atoms with Crippen LogP contribution in [0, 0.1) is 17.8 Å². The third-order valence-electron chi connectivity index (χ3n) is 4.86. The molecule has 1 fully saturated rings. The molecule has 0 saturated heterocycles. The first-order valence-electron chi connectivity index (χ1n) is 8.33. The van der Waals surface area contributed by atoms with Gasteiger partial charge in [-0.1, -0.05) is 27.7 Å². The zero-order valence-electron chi connectivity index (χ0n) is 13.7. The minimum absolute atomic E-state index is 0.278. The van der Waals surface area contributed by atoms with Gasteiger partial charge < -0.3 is 5.32 Å². The molecule has 1 saturated carbocycles. The van der Waals surface area contributed by atoms with Gasteiger partial charge in [0.2, 0.25) is 0 Å². The monoisotopic (exact) mass is 303 g/mol. The summed E-state index contributed by atoms with van der Waals surface area (Å²) in [6.45, 7) is 9.58. The third kappa shape index (κ3) is 5.72.